The summed E-state index contributed by atoms with van der Waals surface area (Å²) in [6, 6.07) is 0. The van der Waals surface area contributed by atoms with E-state index in [4.69, 9.17) is 14.5 Å². The lowest BCUT2D eigenvalue weighted by Crippen LogP contribution is -2.48. The Morgan fingerprint density at radius 3 is 3.05 bits per heavy atom. The third kappa shape index (κ3) is 3.16. The molecule has 1 aromatic heterocycles. The van der Waals surface area contributed by atoms with E-state index in [1.54, 1.807) is 11.3 Å². The van der Waals surface area contributed by atoms with E-state index in [0.717, 1.165) is 52.1 Å². The maximum atomic E-state index is 5.81. The predicted molar refractivity (Wildman–Crippen MR) is 75.3 cm³/mol. The van der Waals surface area contributed by atoms with Crippen LogP contribution in [0.25, 0.3) is 0 Å². The number of piperidine rings is 1. The summed E-state index contributed by atoms with van der Waals surface area (Å²) >= 11 is 1.79. The Balaban J connectivity index is 1.59. The van der Waals surface area contributed by atoms with E-state index < -0.39 is 0 Å². The lowest BCUT2D eigenvalue weighted by atomic mass is 10.0. The Morgan fingerprint density at radius 2 is 2.26 bits per heavy atom. The maximum Gasteiger partial charge on any atom is 0.181 e. The van der Waals surface area contributed by atoms with Crippen molar-refractivity contribution in [2.45, 2.75) is 44.9 Å². The van der Waals surface area contributed by atoms with Crippen molar-refractivity contribution in [3.05, 3.63) is 16.1 Å². The van der Waals surface area contributed by atoms with E-state index in [2.05, 4.69) is 17.2 Å². The minimum Gasteiger partial charge on any atom is -0.346 e. The summed E-state index contributed by atoms with van der Waals surface area (Å²) in [5.41, 5.74) is 1.20. The molecule has 19 heavy (non-hydrogen) atoms. The first-order valence-corrected chi connectivity index (χ1v) is 8.11. The van der Waals surface area contributed by atoms with Gasteiger partial charge in [0.25, 0.3) is 0 Å². The van der Waals surface area contributed by atoms with Crippen molar-refractivity contribution in [3.63, 3.8) is 0 Å². The van der Waals surface area contributed by atoms with Crippen molar-refractivity contribution < 1.29 is 9.47 Å². The molecular weight excluding hydrogens is 260 g/mol. The molecule has 0 atom stereocenters. The fraction of sp³-hybridized carbons (Fsp3) is 0.786. The monoisotopic (exact) mass is 282 g/mol. The largest absolute Gasteiger partial charge is 0.346 e. The molecule has 1 spiro atoms. The highest BCUT2D eigenvalue weighted by atomic mass is 32.1. The number of thiazole rings is 1. The highest BCUT2D eigenvalue weighted by Gasteiger charge is 2.40. The second kappa shape index (κ2) is 5.87. The molecule has 106 valence electrons. The normalized spacial score (nSPS) is 23.2. The van der Waals surface area contributed by atoms with Gasteiger partial charge in [-0.3, -0.25) is 4.90 Å². The van der Waals surface area contributed by atoms with Crippen LogP contribution in [0.4, 0.5) is 0 Å². The summed E-state index contributed by atoms with van der Waals surface area (Å²) in [4.78, 5) is 7.12. The highest BCUT2D eigenvalue weighted by molar-refractivity contribution is 7.09. The van der Waals surface area contributed by atoms with Gasteiger partial charge in [0.1, 0.15) is 0 Å². The van der Waals surface area contributed by atoms with Gasteiger partial charge in [-0.25, -0.2) is 4.98 Å². The van der Waals surface area contributed by atoms with Gasteiger partial charge in [0.05, 0.1) is 30.5 Å². The second-order valence-electron chi connectivity index (χ2n) is 5.40. The van der Waals surface area contributed by atoms with E-state index in [1.165, 1.54) is 17.1 Å². The number of nitrogens with zero attached hydrogens (tertiary/aromatic N) is 2. The van der Waals surface area contributed by atoms with Gasteiger partial charge in [-0.15, -0.1) is 11.3 Å². The molecule has 0 radical (unpaired) electrons. The minimum atomic E-state index is -0.319. The van der Waals surface area contributed by atoms with Gasteiger partial charge in [-0.2, -0.15) is 0 Å². The predicted octanol–water partition coefficient (Wildman–Crippen LogP) is 2.43. The number of rotatable bonds is 4. The van der Waals surface area contributed by atoms with Crippen molar-refractivity contribution in [1.29, 1.82) is 0 Å². The molecule has 5 heteroatoms. The Bertz CT molecular complexity index is 415. The summed E-state index contributed by atoms with van der Waals surface area (Å²) in [5, 5.41) is 3.46. The number of aromatic nitrogens is 1. The molecule has 0 saturated carbocycles. The minimum absolute atomic E-state index is 0.319. The van der Waals surface area contributed by atoms with Gasteiger partial charge in [0, 0.05) is 18.3 Å². The van der Waals surface area contributed by atoms with Gasteiger partial charge in [-0.05, 0) is 25.8 Å². The third-order valence-corrected chi connectivity index (χ3v) is 4.72. The molecule has 4 nitrogen and oxygen atoms in total. The van der Waals surface area contributed by atoms with Gasteiger partial charge in [0.15, 0.2) is 5.79 Å². The molecule has 2 saturated heterocycles. The number of likely N-dealkylation sites (tertiary alicyclic amines) is 1. The van der Waals surface area contributed by atoms with Crippen LogP contribution in [0.2, 0.25) is 0 Å². The van der Waals surface area contributed by atoms with Crippen molar-refractivity contribution in [1.82, 2.24) is 9.88 Å². The summed E-state index contributed by atoms with van der Waals surface area (Å²) in [7, 11) is 0. The first kappa shape index (κ1) is 13.5. The molecule has 0 unspecified atom stereocenters. The van der Waals surface area contributed by atoms with Crippen LogP contribution in [0.3, 0.4) is 0 Å². The van der Waals surface area contributed by atoms with Crippen LogP contribution in [-0.2, 0) is 22.4 Å². The maximum absolute atomic E-state index is 5.81. The second-order valence-corrected chi connectivity index (χ2v) is 6.35. The molecule has 0 aliphatic carbocycles. The fourth-order valence-electron chi connectivity index (χ4n) is 2.92. The zero-order valence-electron chi connectivity index (χ0n) is 11.6. The van der Waals surface area contributed by atoms with Crippen LogP contribution in [0.5, 0.6) is 0 Å². The number of ether oxygens (including phenoxy) is 2. The molecule has 3 rings (SSSR count). The number of hydrogen-bond donors (Lipinski definition) is 0. The summed E-state index contributed by atoms with van der Waals surface area (Å²) in [5.74, 6) is -0.319. The average molecular weight is 282 g/mol. The van der Waals surface area contributed by atoms with Crippen LogP contribution in [0.15, 0.2) is 5.38 Å². The van der Waals surface area contributed by atoms with Crippen LogP contribution < -0.4 is 0 Å². The molecular formula is C14H22N2O2S. The Labute approximate surface area is 118 Å². The first-order chi connectivity index (χ1) is 9.30. The molecule has 2 fully saturated rings. The van der Waals surface area contributed by atoms with Gasteiger partial charge in [0.2, 0.25) is 0 Å². The molecule has 0 aromatic carbocycles. The van der Waals surface area contributed by atoms with E-state index in [-0.39, 0.29) is 5.79 Å². The SMILES string of the molecule is CCCc1nc(CN2CCCC3(C2)OCCO3)cs1. The van der Waals surface area contributed by atoms with Crippen molar-refractivity contribution >= 4 is 11.3 Å². The van der Waals surface area contributed by atoms with E-state index in [1.807, 2.05) is 0 Å². The fourth-order valence-corrected chi connectivity index (χ4v) is 3.81. The molecule has 2 aliphatic heterocycles. The smallest absolute Gasteiger partial charge is 0.181 e. The zero-order chi connectivity index (χ0) is 13.1. The van der Waals surface area contributed by atoms with Crippen LogP contribution >= 0.6 is 11.3 Å². The van der Waals surface area contributed by atoms with Crippen LogP contribution in [0.1, 0.15) is 36.9 Å². The molecule has 3 heterocycles. The summed E-state index contributed by atoms with van der Waals surface area (Å²) in [6.07, 6.45) is 4.44. The third-order valence-electron chi connectivity index (χ3n) is 3.76. The topological polar surface area (TPSA) is 34.6 Å². The standard InChI is InChI=1S/C14H22N2O2S/c1-2-4-13-15-12(10-19-13)9-16-6-3-5-14(11-16)17-7-8-18-14/h10H,2-9,11H2,1H3. The van der Waals surface area contributed by atoms with Gasteiger partial charge >= 0.3 is 0 Å². The summed E-state index contributed by atoms with van der Waals surface area (Å²) in [6.45, 7) is 6.61. The Morgan fingerprint density at radius 1 is 1.42 bits per heavy atom. The van der Waals surface area contributed by atoms with Gasteiger partial charge in [-0.1, -0.05) is 6.92 Å². The van der Waals surface area contributed by atoms with Gasteiger partial charge < -0.3 is 9.47 Å². The Kier molecular flexibility index (Phi) is 4.17. The molecule has 2 aliphatic rings. The van der Waals surface area contributed by atoms with Crippen molar-refractivity contribution in [2.24, 2.45) is 0 Å². The van der Waals surface area contributed by atoms with Crippen LogP contribution in [-0.4, -0.2) is 42.0 Å². The molecule has 1 aromatic rings. The highest BCUT2D eigenvalue weighted by Crippen LogP contribution is 2.30. The van der Waals surface area contributed by atoms with E-state index in [9.17, 15) is 0 Å². The molecule has 0 bridgehead atoms. The lowest BCUT2D eigenvalue weighted by molar-refractivity contribution is -0.190. The average Bonchev–Trinajstić information content (AvgIpc) is 3.01. The van der Waals surface area contributed by atoms with Crippen molar-refractivity contribution in [3.8, 4) is 0 Å². The van der Waals surface area contributed by atoms with E-state index >= 15 is 0 Å². The number of aryl methyl sites for hydroxylation is 1. The van der Waals surface area contributed by atoms with Crippen molar-refractivity contribution in [2.75, 3.05) is 26.3 Å². The zero-order valence-corrected chi connectivity index (χ0v) is 12.4. The molecule has 0 N–H and O–H groups in total. The number of hydrogen-bond acceptors (Lipinski definition) is 5. The van der Waals surface area contributed by atoms with E-state index in [0.29, 0.717) is 0 Å². The Hall–Kier alpha value is -0.490. The lowest BCUT2D eigenvalue weighted by Gasteiger charge is -2.38. The van der Waals surface area contributed by atoms with Crippen LogP contribution in [0, 0.1) is 0 Å². The summed E-state index contributed by atoms with van der Waals surface area (Å²) < 4.78 is 11.6. The first-order valence-electron chi connectivity index (χ1n) is 7.23. The molecule has 0 amide bonds. The quantitative estimate of drug-likeness (QED) is 0.849.